The van der Waals surface area contributed by atoms with Gasteiger partial charge in [0.1, 0.15) is 0 Å². The van der Waals surface area contributed by atoms with Gasteiger partial charge >= 0.3 is 5.69 Å². The minimum atomic E-state index is -0.843. The molecule has 1 atom stereocenters. The van der Waals surface area contributed by atoms with E-state index in [0.29, 0.717) is 25.1 Å². The number of nitrogens with one attached hydrogen (secondary N) is 1. The van der Waals surface area contributed by atoms with Crippen molar-refractivity contribution in [3.8, 4) is 0 Å². The van der Waals surface area contributed by atoms with Crippen LogP contribution in [0, 0.1) is 15.9 Å². The molecule has 2 N–H and O–H groups in total. The van der Waals surface area contributed by atoms with Gasteiger partial charge in [-0.25, -0.2) is 0 Å². The van der Waals surface area contributed by atoms with E-state index in [4.69, 9.17) is 0 Å². The standard InChI is InChI=1S/C13H19FN2O3/c1-3-6-13(2,17)9-15-8-10-4-5-12(16(18)19)11(14)7-10/h4-5,7,15,17H,3,6,8-9H2,1-2H3. The zero-order valence-electron chi connectivity index (χ0n) is 11.1. The highest BCUT2D eigenvalue weighted by Gasteiger charge is 2.18. The van der Waals surface area contributed by atoms with Crippen molar-refractivity contribution in [3.05, 3.63) is 39.7 Å². The maximum Gasteiger partial charge on any atom is 0.304 e. The summed E-state index contributed by atoms with van der Waals surface area (Å²) >= 11 is 0. The summed E-state index contributed by atoms with van der Waals surface area (Å²) < 4.78 is 13.4. The topological polar surface area (TPSA) is 75.4 Å². The van der Waals surface area contributed by atoms with Gasteiger partial charge in [-0.1, -0.05) is 19.4 Å². The van der Waals surface area contributed by atoms with Gasteiger partial charge in [0.15, 0.2) is 0 Å². The third-order valence-corrected chi connectivity index (χ3v) is 2.83. The van der Waals surface area contributed by atoms with E-state index >= 15 is 0 Å². The van der Waals surface area contributed by atoms with E-state index in [9.17, 15) is 19.6 Å². The largest absolute Gasteiger partial charge is 0.389 e. The molecule has 0 saturated carbocycles. The summed E-state index contributed by atoms with van der Waals surface area (Å²) in [6.45, 7) is 4.47. The minimum absolute atomic E-state index is 0.356. The van der Waals surface area contributed by atoms with E-state index in [1.807, 2.05) is 6.92 Å². The van der Waals surface area contributed by atoms with Crippen LogP contribution in [0.2, 0.25) is 0 Å². The van der Waals surface area contributed by atoms with Gasteiger partial charge in [-0.2, -0.15) is 4.39 Å². The Morgan fingerprint density at radius 3 is 2.74 bits per heavy atom. The summed E-state index contributed by atoms with van der Waals surface area (Å²) in [6.07, 6.45) is 1.55. The van der Waals surface area contributed by atoms with Crippen molar-refractivity contribution < 1.29 is 14.4 Å². The first-order valence-corrected chi connectivity index (χ1v) is 6.21. The molecule has 106 valence electrons. The zero-order valence-corrected chi connectivity index (χ0v) is 11.1. The fourth-order valence-corrected chi connectivity index (χ4v) is 1.91. The molecule has 0 aliphatic carbocycles. The van der Waals surface area contributed by atoms with Gasteiger partial charge in [0.2, 0.25) is 5.82 Å². The van der Waals surface area contributed by atoms with Gasteiger partial charge in [-0.3, -0.25) is 10.1 Å². The third-order valence-electron chi connectivity index (χ3n) is 2.83. The number of aliphatic hydroxyl groups is 1. The highest BCUT2D eigenvalue weighted by atomic mass is 19.1. The molecule has 0 bridgehead atoms. The predicted octanol–water partition coefficient (Wildman–Crippen LogP) is 2.37. The fourth-order valence-electron chi connectivity index (χ4n) is 1.91. The van der Waals surface area contributed by atoms with Crippen LogP contribution in [0.5, 0.6) is 0 Å². The van der Waals surface area contributed by atoms with Crippen molar-refractivity contribution in [3.63, 3.8) is 0 Å². The van der Waals surface area contributed by atoms with Crippen LogP contribution in [0.4, 0.5) is 10.1 Å². The number of hydrogen-bond donors (Lipinski definition) is 2. The lowest BCUT2D eigenvalue weighted by molar-refractivity contribution is -0.387. The quantitative estimate of drug-likeness (QED) is 0.589. The molecule has 0 aliphatic heterocycles. The molecule has 5 nitrogen and oxygen atoms in total. The second-order valence-electron chi connectivity index (χ2n) is 4.89. The second kappa shape index (κ2) is 6.58. The van der Waals surface area contributed by atoms with Gasteiger partial charge in [0, 0.05) is 19.2 Å². The average Bonchev–Trinajstić information content (AvgIpc) is 2.28. The Balaban J connectivity index is 2.55. The van der Waals surface area contributed by atoms with Crippen molar-refractivity contribution >= 4 is 5.69 Å². The number of benzene rings is 1. The Labute approximate surface area is 111 Å². The third kappa shape index (κ3) is 4.92. The number of nitrogens with zero attached hydrogens (tertiary/aromatic N) is 1. The van der Waals surface area contributed by atoms with Crippen LogP contribution in [-0.4, -0.2) is 22.2 Å². The molecule has 0 aliphatic rings. The van der Waals surface area contributed by atoms with Crippen molar-refractivity contribution in [1.82, 2.24) is 5.32 Å². The van der Waals surface area contributed by atoms with Crippen LogP contribution in [0.3, 0.4) is 0 Å². The molecule has 1 unspecified atom stereocenters. The maximum atomic E-state index is 13.4. The van der Waals surface area contributed by atoms with Crippen molar-refractivity contribution in [2.45, 2.75) is 38.8 Å². The van der Waals surface area contributed by atoms with Gasteiger partial charge in [0.25, 0.3) is 0 Å². The predicted molar refractivity (Wildman–Crippen MR) is 70.3 cm³/mol. The van der Waals surface area contributed by atoms with E-state index in [2.05, 4.69) is 5.32 Å². The first-order chi connectivity index (χ1) is 8.85. The van der Waals surface area contributed by atoms with E-state index in [1.54, 1.807) is 6.92 Å². The fraction of sp³-hybridized carbons (Fsp3) is 0.538. The van der Waals surface area contributed by atoms with E-state index in [1.165, 1.54) is 6.07 Å². The summed E-state index contributed by atoms with van der Waals surface area (Å²) in [5.74, 6) is -0.843. The van der Waals surface area contributed by atoms with Crippen LogP contribution in [0.15, 0.2) is 18.2 Å². The average molecular weight is 270 g/mol. The molecule has 1 aromatic carbocycles. The molecule has 0 saturated heterocycles. The first kappa shape index (κ1) is 15.5. The lowest BCUT2D eigenvalue weighted by Gasteiger charge is -2.23. The maximum absolute atomic E-state index is 13.4. The van der Waals surface area contributed by atoms with Gasteiger partial charge in [-0.05, 0) is 25.0 Å². The molecule has 0 spiro atoms. The van der Waals surface area contributed by atoms with E-state index < -0.39 is 22.0 Å². The Morgan fingerprint density at radius 1 is 1.53 bits per heavy atom. The Morgan fingerprint density at radius 2 is 2.21 bits per heavy atom. The molecule has 19 heavy (non-hydrogen) atoms. The van der Waals surface area contributed by atoms with Crippen molar-refractivity contribution in [2.24, 2.45) is 0 Å². The SMILES string of the molecule is CCCC(C)(O)CNCc1ccc([N+](=O)[O-])c(F)c1. The lowest BCUT2D eigenvalue weighted by Crippen LogP contribution is -2.37. The van der Waals surface area contributed by atoms with Gasteiger partial charge < -0.3 is 10.4 Å². The highest BCUT2D eigenvalue weighted by molar-refractivity contribution is 5.34. The van der Waals surface area contributed by atoms with Crippen molar-refractivity contribution in [1.29, 1.82) is 0 Å². The summed E-state index contributed by atoms with van der Waals surface area (Å²) in [7, 11) is 0. The molecule has 6 heteroatoms. The molecule has 0 amide bonds. The molecular formula is C13H19FN2O3. The highest BCUT2D eigenvalue weighted by Crippen LogP contribution is 2.18. The van der Waals surface area contributed by atoms with Crippen LogP contribution in [-0.2, 0) is 6.54 Å². The molecule has 1 rings (SSSR count). The molecule has 0 radical (unpaired) electrons. The molecular weight excluding hydrogens is 251 g/mol. The molecule has 0 fully saturated rings. The van der Waals surface area contributed by atoms with Crippen LogP contribution < -0.4 is 5.32 Å². The number of hydrogen-bond acceptors (Lipinski definition) is 4. The minimum Gasteiger partial charge on any atom is -0.389 e. The van der Waals surface area contributed by atoms with Crippen LogP contribution in [0.25, 0.3) is 0 Å². The normalized spacial score (nSPS) is 14.1. The van der Waals surface area contributed by atoms with Crippen LogP contribution in [0.1, 0.15) is 32.3 Å². The molecule has 1 aromatic rings. The van der Waals surface area contributed by atoms with E-state index in [0.717, 1.165) is 18.6 Å². The number of nitro benzene ring substituents is 1. The summed E-state index contributed by atoms with van der Waals surface area (Å²) in [4.78, 5) is 9.72. The first-order valence-electron chi connectivity index (χ1n) is 6.21. The molecule has 0 heterocycles. The summed E-state index contributed by atoms with van der Waals surface area (Å²) in [5.41, 5.74) is -0.717. The number of rotatable bonds is 7. The Kier molecular flexibility index (Phi) is 5.38. The Bertz CT molecular complexity index is 450. The number of nitro groups is 1. The van der Waals surface area contributed by atoms with Crippen molar-refractivity contribution in [2.75, 3.05) is 6.54 Å². The number of halogens is 1. The monoisotopic (exact) mass is 270 g/mol. The van der Waals surface area contributed by atoms with E-state index in [-0.39, 0.29) is 0 Å². The Hall–Kier alpha value is -1.53. The van der Waals surface area contributed by atoms with Gasteiger partial charge in [-0.15, -0.1) is 0 Å². The second-order valence-corrected chi connectivity index (χ2v) is 4.89. The molecule has 0 aromatic heterocycles. The summed E-state index contributed by atoms with van der Waals surface area (Å²) in [6, 6.07) is 3.79. The smallest absolute Gasteiger partial charge is 0.304 e. The summed E-state index contributed by atoms with van der Waals surface area (Å²) in [5, 5.41) is 23.4. The lowest BCUT2D eigenvalue weighted by atomic mass is 10.0. The van der Waals surface area contributed by atoms with Gasteiger partial charge in [0.05, 0.1) is 10.5 Å². The van der Waals surface area contributed by atoms with Crippen LogP contribution >= 0.6 is 0 Å². The zero-order chi connectivity index (χ0) is 14.5.